The standard InChI is InChI=1S/C8H14N2O3/c1-12-6-2-3-8-9-7(4-5-11)10-13-8/h11H,2-6H2,1H3. The highest BCUT2D eigenvalue weighted by Crippen LogP contribution is 2.01. The Morgan fingerprint density at radius 3 is 3.00 bits per heavy atom. The predicted octanol–water partition coefficient (Wildman–Crippen LogP) is 0.183. The van der Waals surface area contributed by atoms with E-state index in [9.17, 15) is 0 Å². The zero-order valence-corrected chi connectivity index (χ0v) is 7.69. The van der Waals surface area contributed by atoms with E-state index in [1.807, 2.05) is 0 Å². The molecule has 13 heavy (non-hydrogen) atoms. The Bertz CT molecular complexity index is 237. The molecule has 0 unspecified atom stereocenters. The number of aliphatic hydroxyl groups is 1. The Kier molecular flexibility index (Phi) is 4.42. The molecule has 1 rings (SSSR count). The third-order valence-electron chi connectivity index (χ3n) is 1.58. The molecule has 0 aliphatic heterocycles. The van der Waals surface area contributed by atoms with Crippen molar-refractivity contribution >= 4 is 0 Å². The maximum Gasteiger partial charge on any atom is 0.226 e. The lowest BCUT2D eigenvalue weighted by atomic mass is 10.3. The largest absolute Gasteiger partial charge is 0.396 e. The third kappa shape index (κ3) is 3.52. The van der Waals surface area contributed by atoms with Gasteiger partial charge >= 0.3 is 0 Å². The molecule has 0 radical (unpaired) electrons. The second-order valence-electron chi connectivity index (χ2n) is 2.67. The molecule has 5 heteroatoms. The molecule has 0 spiro atoms. The van der Waals surface area contributed by atoms with Crippen LogP contribution in [0.5, 0.6) is 0 Å². The van der Waals surface area contributed by atoms with E-state index in [1.165, 1.54) is 0 Å². The van der Waals surface area contributed by atoms with Gasteiger partial charge < -0.3 is 14.4 Å². The molecule has 0 aromatic carbocycles. The second-order valence-corrected chi connectivity index (χ2v) is 2.67. The van der Waals surface area contributed by atoms with E-state index < -0.39 is 0 Å². The van der Waals surface area contributed by atoms with Crippen LogP contribution < -0.4 is 0 Å². The van der Waals surface area contributed by atoms with Crippen molar-refractivity contribution in [2.24, 2.45) is 0 Å². The lowest BCUT2D eigenvalue weighted by Gasteiger charge is -1.92. The first-order valence-corrected chi connectivity index (χ1v) is 4.28. The number of hydrogen-bond acceptors (Lipinski definition) is 5. The van der Waals surface area contributed by atoms with Crippen molar-refractivity contribution in [2.75, 3.05) is 20.3 Å². The van der Waals surface area contributed by atoms with Gasteiger partial charge in [0, 0.05) is 26.6 Å². The quantitative estimate of drug-likeness (QED) is 0.642. The normalized spacial score (nSPS) is 10.6. The summed E-state index contributed by atoms with van der Waals surface area (Å²) < 4.78 is 9.82. The average molecular weight is 186 g/mol. The van der Waals surface area contributed by atoms with Crippen molar-refractivity contribution in [2.45, 2.75) is 19.3 Å². The van der Waals surface area contributed by atoms with E-state index in [0.29, 0.717) is 24.7 Å². The number of nitrogens with zero attached hydrogens (tertiary/aromatic N) is 2. The van der Waals surface area contributed by atoms with Crippen LogP contribution in [-0.4, -0.2) is 35.6 Å². The molecule has 0 atom stereocenters. The smallest absolute Gasteiger partial charge is 0.226 e. The van der Waals surface area contributed by atoms with Gasteiger partial charge in [-0.1, -0.05) is 5.16 Å². The summed E-state index contributed by atoms with van der Waals surface area (Å²) in [5.74, 6) is 1.18. The molecule has 5 nitrogen and oxygen atoms in total. The van der Waals surface area contributed by atoms with E-state index in [0.717, 1.165) is 12.8 Å². The van der Waals surface area contributed by atoms with Gasteiger partial charge in [-0.15, -0.1) is 0 Å². The van der Waals surface area contributed by atoms with Crippen molar-refractivity contribution in [3.8, 4) is 0 Å². The van der Waals surface area contributed by atoms with E-state index >= 15 is 0 Å². The van der Waals surface area contributed by atoms with Gasteiger partial charge in [-0.25, -0.2) is 0 Å². The maximum atomic E-state index is 8.60. The fraction of sp³-hybridized carbons (Fsp3) is 0.750. The monoisotopic (exact) mass is 186 g/mol. The van der Waals surface area contributed by atoms with Gasteiger partial charge in [0.1, 0.15) is 0 Å². The molecule has 0 aliphatic carbocycles. The minimum absolute atomic E-state index is 0.0526. The highest BCUT2D eigenvalue weighted by molar-refractivity contribution is 4.86. The SMILES string of the molecule is COCCCc1nc(CCO)no1. The fourth-order valence-corrected chi connectivity index (χ4v) is 0.961. The topological polar surface area (TPSA) is 68.4 Å². The molecular formula is C8H14N2O3. The average Bonchev–Trinajstić information content (AvgIpc) is 2.54. The maximum absolute atomic E-state index is 8.60. The first kappa shape index (κ1) is 10.1. The predicted molar refractivity (Wildman–Crippen MR) is 45.3 cm³/mol. The Hall–Kier alpha value is -0.940. The molecule has 1 heterocycles. The Labute approximate surface area is 76.7 Å². The minimum atomic E-state index is 0.0526. The number of rotatable bonds is 6. The Morgan fingerprint density at radius 2 is 2.31 bits per heavy atom. The molecule has 0 amide bonds. The summed E-state index contributed by atoms with van der Waals surface area (Å²) in [6, 6.07) is 0. The number of aryl methyl sites for hydroxylation is 1. The highest BCUT2D eigenvalue weighted by atomic mass is 16.5. The molecule has 0 aliphatic rings. The van der Waals surface area contributed by atoms with Crippen LogP contribution in [0.2, 0.25) is 0 Å². The summed E-state index contributed by atoms with van der Waals surface area (Å²) in [6.07, 6.45) is 2.05. The summed E-state index contributed by atoms with van der Waals surface area (Å²) in [5.41, 5.74) is 0. The van der Waals surface area contributed by atoms with E-state index in [-0.39, 0.29) is 6.61 Å². The zero-order valence-electron chi connectivity index (χ0n) is 7.69. The number of aliphatic hydroxyl groups excluding tert-OH is 1. The van der Waals surface area contributed by atoms with Crippen LogP contribution in [0.15, 0.2) is 4.52 Å². The summed E-state index contributed by atoms with van der Waals surface area (Å²) in [6.45, 7) is 0.745. The van der Waals surface area contributed by atoms with Crippen LogP contribution in [0.4, 0.5) is 0 Å². The first-order valence-electron chi connectivity index (χ1n) is 4.28. The molecule has 1 N–H and O–H groups in total. The van der Waals surface area contributed by atoms with E-state index in [2.05, 4.69) is 10.1 Å². The zero-order chi connectivity index (χ0) is 9.52. The fourth-order valence-electron chi connectivity index (χ4n) is 0.961. The second kappa shape index (κ2) is 5.66. The van der Waals surface area contributed by atoms with Crippen molar-refractivity contribution in [1.82, 2.24) is 10.1 Å². The number of aromatic nitrogens is 2. The van der Waals surface area contributed by atoms with Gasteiger partial charge in [0.25, 0.3) is 0 Å². The minimum Gasteiger partial charge on any atom is -0.396 e. The Morgan fingerprint density at radius 1 is 1.46 bits per heavy atom. The molecule has 1 aromatic rings. The van der Waals surface area contributed by atoms with Crippen molar-refractivity contribution in [1.29, 1.82) is 0 Å². The molecule has 0 bridgehead atoms. The van der Waals surface area contributed by atoms with Gasteiger partial charge in [-0.2, -0.15) is 4.98 Å². The summed E-state index contributed by atoms with van der Waals surface area (Å²) in [4.78, 5) is 4.08. The lowest BCUT2D eigenvalue weighted by Crippen LogP contribution is -1.95. The number of methoxy groups -OCH3 is 1. The molecule has 0 saturated heterocycles. The van der Waals surface area contributed by atoms with Crippen molar-refractivity contribution in [3.63, 3.8) is 0 Å². The van der Waals surface area contributed by atoms with Crippen LogP contribution in [0.1, 0.15) is 18.1 Å². The van der Waals surface area contributed by atoms with Crippen LogP contribution in [0.25, 0.3) is 0 Å². The lowest BCUT2D eigenvalue weighted by molar-refractivity contribution is 0.192. The van der Waals surface area contributed by atoms with Gasteiger partial charge in [-0.05, 0) is 6.42 Å². The number of hydrogen-bond donors (Lipinski definition) is 1. The highest BCUT2D eigenvalue weighted by Gasteiger charge is 2.04. The summed E-state index contributed by atoms with van der Waals surface area (Å²) >= 11 is 0. The van der Waals surface area contributed by atoms with Crippen LogP contribution >= 0.6 is 0 Å². The van der Waals surface area contributed by atoms with Crippen LogP contribution in [0, 0.1) is 0 Å². The summed E-state index contributed by atoms with van der Waals surface area (Å²) in [5, 5.41) is 12.3. The van der Waals surface area contributed by atoms with Crippen LogP contribution in [-0.2, 0) is 17.6 Å². The first-order chi connectivity index (χ1) is 6.36. The molecule has 0 saturated carbocycles. The van der Waals surface area contributed by atoms with E-state index in [1.54, 1.807) is 7.11 Å². The number of ether oxygens (including phenoxy) is 1. The van der Waals surface area contributed by atoms with Crippen molar-refractivity contribution in [3.05, 3.63) is 11.7 Å². The van der Waals surface area contributed by atoms with Crippen molar-refractivity contribution < 1.29 is 14.4 Å². The summed E-state index contributed by atoms with van der Waals surface area (Å²) in [7, 11) is 1.66. The Balaban J connectivity index is 2.31. The molecule has 0 fully saturated rings. The molecular weight excluding hydrogens is 172 g/mol. The molecule has 1 aromatic heterocycles. The third-order valence-corrected chi connectivity index (χ3v) is 1.58. The van der Waals surface area contributed by atoms with Gasteiger partial charge in [0.15, 0.2) is 5.82 Å². The van der Waals surface area contributed by atoms with Gasteiger partial charge in [-0.3, -0.25) is 0 Å². The van der Waals surface area contributed by atoms with Gasteiger partial charge in [0.05, 0.1) is 6.61 Å². The molecule has 74 valence electrons. The van der Waals surface area contributed by atoms with Gasteiger partial charge in [0.2, 0.25) is 5.89 Å². The van der Waals surface area contributed by atoms with Crippen LogP contribution in [0.3, 0.4) is 0 Å². The van der Waals surface area contributed by atoms with E-state index in [4.69, 9.17) is 14.4 Å².